The van der Waals surface area contributed by atoms with E-state index in [2.05, 4.69) is 26.3 Å². The SMILES string of the molecule is [B]N1CCC[C@H](C(=O)N[C@@H](Cc2ccccc2)C(=O)C[C@H](CC(C)C)C(=O)N[C@@H](CC(C)C)C(=O)N2C[C@H](O)C[C@H]2C(=O)N(C)[C@@H](CC(C)C)C(=O)N[C@@H](CC(=O)O)C(=O)C[C@@H](CCCN=C(N)N)C(=O)N[C@H](C(C)=O)C(C)CC)C1. The number of nitrogens with zero attached hydrogens (tertiary/aromatic N) is 4. The van der Waals surface area contributed by atoms with E-state index in [0.29, 0.717) is 25.9 Å². The lowest BCUT2D eigenvalue weighted by Gasteiger charge is -2.35. The molecule has 81 heavy (non-hydrogen) atoms. The maximum Gasteiger partial charge on any atom is 0.305 e. The Morgan fingerprint density at radius 1 is 0.765 bits per heavy atom. The number of aliphatic imine (C=N–C) groups is 1. The number of Topliss-reactive ketones (excluding diaryl/α,β-unsaturated/α-hetero) is 3. The Morgan fingerprint density at radius 2 is 1.36 bits per heavy atom. The third-order valence-corrected chi connectivity index (χ3v) is 15.2. The number of rotatable bonds is 34. The molecule has 10 N–H and O–H groups in total. The van der Waals surface area contributed by atoms with Crippen LogP contribution in [0.2, 0.25) is 0 Å². The highest BCUT2D eigenvalue weighted by atomic mass is 16.4. The number of nitrogens with one attached hydrogen (secondary N) is 4. The van der Waals surface area contributed by atoms with Gasteiger partial charge in [0.15, 0.2) is 31.3 Å². The third-order valence-electron chi connectivity index (χ3n) is 15.2. The smallest absolute Gasteiger partial charge is 0.305 e. The number of hydrogen-bond donors (Lipinski definition) is 8. The first-order valence-electron chi connectivity index (χ1n) is 28.9. The topological polar surface area (TPSA) is 333 Å². The lowest BCUT2D eigenvalue weighted by Crippen LogP contribution is -2.58. The minimum absolute atomic E-state index is 0.0217. The fourth-order valence-corrected chi connectivity index (χ4v) is 10.7. The van der Waals surface area contributed by atoms with E-state index >= 15 is 0 Å². The number of nitrogens with two attached hydrogens (primary N) is 2. The van der Waals surface area contributed by atoms with E-state index in [1.807, 2.05) is 65.0 Å². The molecule has 3 rings (SSSR count). The largest absolute Gasteiger partial charge is 0.481 e. The maximum atomic E-state index is 14.8. The van der Waals surface area contributed by atoms with Gasteiger partial charge < -0.3 is 57.6 Å². The Hall–Kier alpha value is -6.23. The van der Waals surface area contributed by atoms with Gasteiger partial charge in [-0.15, -0.1) is 0 Å². The van der Waals surface area contributed by atoms with Gasteiger partial charge in [-0.3, -0.25) is 52.9 Å². The monoisotopic (exact) mass is 1130 g/mol. The van der Waals surface area contributed by atoms with Crippen molar-refractivity contribution in [1.82, 2.24) is 35.9 Å². The molecule has 0 spiro atoms. The van der Waals surface area contributed by atoms with Crippen molar-refractivity contribution in [3.05, 3.63) is 35.9 Å². The number of carboxylic acid groups (broad SMARTS) is 1. The number of benzene rings is 1. The summed E-state index contributed by atoms with van der Waals surface area (Å²) in [4.78, 5) is 147. The number of carbonyl (C=O) groups excluding carboxylic acids is 9. The molecule has 2 fully saturated rings. The molecule has 22 nitrogen and oxygen atoms in total. The van der Waals surface area contributed by atoms with E-state index in [9.17, 15) is 58.2 Å². The molecule has 0 saturated carbocycles. The Labute approximate surface area is 480 Å². The zero-order valence-corrected chi connectivity index (χ0v) is 49.5. The van der Waals surface area contributed by atoms with Gasteiger partial charge in [-0.25, -0.2) is 0 Å². The second kappa shape index (κ2) is 33.6. The molecule has 0 bridgehead atoms. The lowest BCUT2D eigenvalue weighted by atomic mass is 9.87. The predicted molar refractivity (Wildman–Crippen MR) is 307 cm³/mol. The van der Waals surface area contributed by atoms with Crippen LogP contribution in [-0.2, 0) is 54.4 Å². The average Bonchev–Trinajstić information content (AvgIpc) is 3.81. The first-order chi connectivity index (χ1) is 38.0. The summed E-state index contributed by atoms with van der Waals surface area (Å²) in [6.45, 7) is 16.9. The van der Waals surface area contributed by atoms with Crippen LogP contribution in [0.4, 0.5) is 0 Å². The van der Waals surface area contributed by atoms with Gasteiger partial charge in [0.25, 0.3) is 0 Å². The van der Waals surface area contributed by atoms with E-state index in [-0.39, 0.29) is 112 Å². The highest BCUT2D eigenvalue weighted by Gasteiger charge is 2.45. The number of aliphatic carboxylic acids is 1. The molecule has 23 heteroatoms. The van der Waals surface area contributed by atoms with Crippen molar-refractivity contribution in [2.75, 3.05) is 33.2 Å². The van der Waals surface area contributed by atoms with Crippen LogP contribution < -0.4 is 32.7 Å². The zero-order chi connectivity index (χ0) is 60.8. The molecule has 0 aliphatic carbocycles. The molecule has 1 aromatic rings. The molecule has 6 amide bonds. The minimum atomic E-state index is -1.66. The number of aliphatic hydroxyl groups excluding tert-OH is 1. The van der Waals surface area contributed by atoms with Gasteiger partial charge >= 0.3 is 5.97 Å². The Morgan fingerprint density at radius 3 is 1.93 bits per heavy atom. The number of hydrogen-bond acceptors (Lipinski definition) is 13. The van der Waals surface area contributed by atoms with Gasteiger partial charge in [0.2, 0.25) is 35.4 Å². The van der Waals surface area contributed by atoms with E-state index in [4.69, 9.17) is 19.4 Å². The van der Waals surface area contributed by atoms with Gasteiger partial charge in [-0.2, -0.15) is 0 Å². The van der Waals surface area contributed by atoms with Crippen molar-refractivity contribution in [2.45, 2.75) is 188 Å². The maximum absolute atomic E-state index is 14.8. The van der Waals surface area contributed by atoms with Crippen molar-refractivity contribution in [1.29, 1.82) is 0 Å². The second-order valence-corrected chi connectivity index (χ2v) is 23.7. The molecule has 1 aromatic carbocycles. The Kier molecular flexibility index (Phi) is 28.7. The fraction of sp³-hybridized carbons (Fsp3) is 0.707. The van der Waals surface area contributed by atoms with E-state index in [1.165, 1.54) is 18.9 Å². The molecule has 2 aliphatic heterocycles. The summed E-state index contributed by atoms with van der Waals surface area (Å²) >= 11 is 0. The normalized spacial score (nSPS) is 19.5. The first-order valence-corrected chi connectivity index (χ1v) is 28.9. The number of carboxylic acids is 1. The second-order valence-electron chi connectivity index (χ2n) is 23.7. The van der Waals surface area contributed by atoms with Crippen molar-refractivity contribution in [3.8, 4) is 0 Å². The van der Waals surface area contributed by atoms with E-state index in [1.54, 1.807) is 25.6 Å². The van der Waals surface area contributed by atoms with Crippen LogP contribution in [0.5, 0.6) is 0 Å². The first kappa shape index (κ1) is 69.0. The lowest BCUT2D eigenvalue weighted by molar-refractivity contribution is -0.149. The number of likely N-dealkylation sites (N-methyl/N-ethyl adjacent to an activating group) is 1. The Bertz CT molecular complexity index is 2330. The van der Waals surface area contributed by atoms with Crippen molar-refractivity contribution in [2.24, 2.45) is 57.9 Å². The number of aliphatic hydroxyl groups is 1. The summed E-state index contributed by atoms with van der Waals surface area (Å²) in [6.07, 6.45) is -0.247. The zero-order valence-electron chi connectivity index (χ0n) is 49.5. The van der Waals surface area contributed by atoms with Crippen molar-refractivity contribution in [3.63, 3.8) is 0 Å². The molecule has 2 heterocycles. The predicted octanol–water partition coefficient (Wildman–Crippen LogP) is 2.21. The van der Waals surface area contributed by atoms with Gasteiger partial charge in [-0.1, -0.05) is 92.1 Å². The molecule has 1 unspecified atom stereocenters. The molecule has 450 valence electrons. The number of carbonyl (C=O) groups is 10. The van der Waals surface area contributed by atoms with Crippen LogP contribution in [-0.4, -0.2) is 173 Å². The number of ketones is 3. The van der Waals surface area contributed by atoms with Crippen LogP contribution >= 0.6 is 0 Å². The summed E-state index contributed by atoms with van der Waals surface area (Å²) in [5.41, 5.74) is 11.8. The van der Waals surface area contributed by atoms with Crippen LogP contribution in [0.1, 0.15) is 145 Å². The van der Waals surface area contributed by atoms with Crippen LogP contribution in [0.3, 0.4) is 0 Å². The van der Waals surface area contributed by atoms with Gasteiger partial charge in [-0.05, 0) is 101 Å². The molecule has 2 radical (unpaired) electrons. The number of β-amino-alcohol motifs (C(OH)–C–C–N with tert-alkyl or cyclic N) is 1. The summed E-state index contributed by atoms with van der Waals surface area (Å²) in [5, 5.41) is 32.3. The average molecular weight is 1130 g/mol. The minimum Gasteiger partial charge on any atom is -0.481 e. The molecular formula is C58H93BN10O12. The quantitative estimate of drug-likeness (QED) is 0.0212. The van der Waals surface area contributed by atoms with Gasteiger partial charge in [0, 0.05) is 57.2 Å². The highest BCUT2D eigenvalue weighted by molar-refractivity contribution is 6.04. The Balaban J connectivity index is 1.91. The summed E-state index contributed by atoms with van der Waals surface area (Å²) < 4.78 is 0. The van der Waals surface area contributed by atoms with Crippen molar-refractivity contribution < 1.29 is 58.2 Å². The van der Waals surface area contributed by atoms with Crippen molar-refractivity contribution >= 4 is 72.7 Å². The van der Waals surface area contributed by atoms with Crippen LogP contribution in [0.25, 0.3) is 0 Å². The highest BCUT2D eigenvalue weighted by Crippen LogP contribution is 2.27. The molecule has 11 atom stereocenters. The summed E-state index contributed by atoms with van der Waals surface area (Å²) in [7, 11) is 7.39. The third kappa shape index (κ3) is 22.9. The van der Waals surface area contributed by atoms with Gasteiger partial charge in [0.05, 0.1) is 30.7 Å². The molecule has 0 aromatic heterocycles. The molecule has 2 saturated heterocycles. The fourth-order valence-electron chi connectivity index (χ4n) is 10.7. The molecular weight excluding hydrogens is 1040 g/mol. The van der Waals surface area contributed by atoms with Gasteiger partial charge in [0.1, 0.15) is 18.1 Å². The van der Waals surface area contributed by atoms with E-state index in [0.717, 1.165) is 16.9 Å². The number of guanidine groups is 1. The summed E-state index contributed by atoms with van der Waals surface area (Å²) in [6, 6.07) is 1.89. The number of piperidine rings is 1. The van der Waals surface area contributed by atoms with E-state index < -0.39 is 114 Å². The number of amides is 6. The summed E-state index contributed by atoms with van der Waals surface area (Å²) in [5.74, 6) is -9.99. The standard InChI is InChI=1S/C58H93BN10O12/c1-11-36(8)51(37(9)70)66-52(76)39(19-15-21-62-58(60)61)27-48(72)44(30-50(74)75)64-55(79)46(25-35(6)7)67(10)57(81)47-29-42(71)32-69(47)56(80)45(24-34(4)5)65-54(78)41(23-33(2)3)28-49(73)43(26-38-17-13-12-14-18-38)63-53(77)40-20-16-22-68(59)31-40/h12-14,17-18,33-36,39-47,51,71H,11,15-16,19-32H2,1-10H3,(H,63,77)(H,64,79)(H,65,78)(H,66,76)(H,74,75)(H4,60,61,62)/t36?,39-,40+,41+,42-,43+,44+,45+,46+,47+,51+/m1/s1. The number of likely N-dealkylation sites (tertiary alicyclic amines) is 1. The van der Waals surface area contributed by atoms with Crippen LogP contribution in [0.15, 0.2) is 35.3 Å². The van der Waals surface area contributed by atoms with Crippen LogP contribution in [0, 0.1) is 41.4 Å². The molecule has 2 aliphatic rings.